The third-order valence-corrected chi connectivity index (χ3v) is 6.53. The number of ether oxygens (including phenoxy) is 1. The fourth-order valence-corrected chi connectivity index (χ4v) is 4.54. The first kappa shape index (κ1) is 18.9. The zero-order valence-electron chi connectivity index (χ0n) is 16.7. The van der Waals surface area contributed by atoms with Crippen LogP contribution < -0.4 is 0 Å². The van der Waals surface area contributed by atoms with Gasteiger partial charge in [-0.25, -0.2) is 0 Å². The Hall–Kier alpha value is -1.39. The Balaban J connectivity index is 1.28. The molecular weight excluding hydrogens is 336 g/mol. The van der Waals surface area contributed by atoms with Gasteiger partial charge in [-0.1, -0.05) is 24.3 Å². The minimum Gasteiger partial charge on any atom is -0.376 e. The standard InChI is InChI=1S/C23H34N2O2/c1-18-5-2-3-6-21(18)16-24-12-10-19(11-13-24)15-25(23(26)20-8-9-20)17-22-7-4-14-27-22/h2-3,5-6,19-20,22H,4,7-17H2,1H3/t22-/m0/s1. The maximum absolute atomic E-state index is 12.8. The number of carbonyl (C=O) groups is 1. The summed E-state index contributed by atoms with van der Waals surface area (Å²) in [5.41, 5.74) is 2.83. The lowest BCUT2D eigenvalue weighted by Gasteiger charge is -2.36. The molecule has 2 heterocycles. The van der Waals surface area contributed by atoms with Crippen molar-refractivity contribution in [2.75, 3.05) is 32.8 Å². The quantitative estimate of drug-likeness (QED) is 0.735. The predicted octanol–water partition coefficient (Wildman–Crippen LogP) is 3.62. The molecule has 0 aromatic heterocycles. The van der Waals surface area contributed by atoms with E-state index in [1.165, 1.54) is 24.0 Å². The van der Waals surface area contributed by atoms with Crippen molar-refractivity contribution in [3.05, 3.63) is 35.4 Å². The summed E-state index contributed by atoms with van der Waals surface area (Å²) >= 11 is 0. The number of benzene rings is 1. The Morgan fingerprint density at radius 3 is 2.56 bits per heavy atom. The van der Waals surface area contributed by atoms with Crippen molar-refractivity contribution in [1.29, 1.82) is 0 Å². The fourth-order valence-electron chi connectivity index (χ4n) is 4.54. The smallest absolute Gasteiger partial charge is 0.225 e. The molecule has 2 saturated heterocycles. The van der Waals surface area contributed by atoms with Crippen molar-refractivity contribution < 1.29 is 9.53 Å². The molecule has 1 atom stereocenters. The van der Waals surface area contributed by atoms with Gasteiger partial charge in [0.2, 0.25) is 5.91 Å². The summed E-state index contributed by atoms with van der Waals surface area (Å²) in [6.07, 6.45) is 7.12. The highest BCUT2D eigenvalue weighted by Crippen LogP contribution is 2.32. The molecule has 3 fully saturated rings. The van der Waals surface area contributed by atoms with Crippen molar-refractivity contribution in [3.63, 3.8) is 0 Å². The van der Waals surface area contributed by atoms with Crippen LogP contribution in [0, 0.1) is 18.8 Å². The van der Waals surface area contributed by atoms with Crippen molar-refractivity contribution >= 4 is 5.91 Å². The zero-order chi connectivity index (χ0) is 18.6. The molecule has 4 nitrogen and oxygen atoms in total. The highest BCUT2D eigenvalue weighted by atomic mass is 16.5. The normalized spacial score (nSPS) is 24.3. The van der Waals surface area contributed by atoms with E-state index >= 15 is 0 Å². The summed E-state index contributed by atoms with van der Waals surface area (Å²) in [5.74, 6) is 1.35. The first-order valence-corrected chi connectivity index (χ1v) is 10.9. The van der Waals surface area contributed by atoms with Crippen LogP contribution >= 0.6 is 0 Å². The number of hydrogen-bond donors (Lipinski definition) is 0. The van der Waals surface area contributed by atoms with Crippen LogP contribution in [0.5, 0.6) is 0 Å². The molecule has 3 aliphatic rings. The van der Waals surface area contributed by atoms with Crippen molar-refractivity contribution in [2.24, 2.45) is 11.8 Å². The summed E-state index contributed by atoms with van der Waals surface area (Å²) in [4.78, 5) is 17.5. The van der Waals surface area contributed by atoms with E-state index in [4.69, 9.17) is 4.74 Å². The summed E-state index contributed by atoms with van der Waals surface area (Å²) in [6, 6.07) is 8.71. The SMILES string of the molecule is Cc1ccccc1CN1CCC(CN(C[C@@H]2CCCO2)C(=O)C2CC2)CC1. The summed E-state index contributed by atoms with van der Waals surface area (Å²) in [7, 11) is 0. The molecule has 1 amide bonds. The number of nitrogens with zero attached hydrogens (tertiary/aromatic N) is 2. The molecule has 4 heteroatoms. The average Bonchev–Trinajstić information content (AvgIpc) is 3.41. The summed E-state index contributed by atoms with van der Waals surface area (Å²) in [6.45, 7) is 8.17. The maximum Gasteiger partial charge on any atom is 0.225 e. The van der Waals surface area contributed by atoms with Crippen LogP contribution in [0.1, 0.15) is 49.7 Å². The maximum atomic E-state index is 12.8. The second-order valence-electron chi connectivity index (χ2n) is 8.80. The number of likely N-dealkylation sites (tertiary alicyclic amines) is 1. The van der Waals surface area contributed by atoms with E-state index in [9.17, 15) is 4.79 Å². The van der Waals surface area contributed by atoms with Crippen LogP contribution in [0.25, 0.3) is 0 Å². The van der Waals surface area contributed by atoms with Crippen molar-refractivity contribution in [3.8, 4) is 0 Å². The van der Waals surface area contributed by atoms with E-state index in [1.807, 2.05) is 0 Å². The van der Waals surface area contributed by atoms with Gasteiger partial charge in [-0.2, -0.15) is 0 Å². The first-order chi connectivity index (χ1) is 13.2. The van der Waals surface area contributed by atoms with Gasteiger partial charge in [-0.3, -0.25) is 9.69 Å². The average molecular weight is 371 g/mol. The Morgan fingerprint density at radius 2 is 1.89 bits per heavy atom. The van der Waals surface area contributed by atoms with Gasteiger partial charge in [0.15, 0.2) is 0 Å². The highest BCUT2D eigenvalue weighted by molar-refractivity contribution is 5.81. The van der Waals surface area contributed by atoms with Gasteiger partial charge in [0.05, 0.1) is 6.10 Å². The molecule has 0 spiro atoms. The van der Waals surface area contributed by atoms with Gasteiger partial charge in [0.1, 0.15) is 0 Å². The number of carbonyl (C=O) groups excluding carboxylic acids is 1. The van der Waals surface area contributed by atoms with Gasteiger partial charge >= 0.3 is 0 Å². The number of amides is 1. The third kappa shape index (κ3) is 5.11. The van der Waals surface area contributed by atoms with Crippen molar-refractivity contribution in [2.45, 2.75) is 58.1 Å². The van der Waals surface area contributed by atoms with E-state index < -0.39 is 0 Å². The second-order valence-corrected chi connectivity index (χ2v) is 8.80. The Morgan fingerprint density at radius 1 is 1.11 bits per heavy atom. The molecule has 4 rings (SSSR count). The zero-order valence-corrected chi connectivity index (χ0v) is 16.7. The Bertz CT molecular complexity index is 629. The second kappa shape index (κ2) is 8.74. The van der Waals surface area contributed by atoms with Crippen LogP contribution in [-0.4, -0.2) is 54.6 Å². The Labute approximate surface area is 163 Å². The van der Waals surface area contributed by atoms with E-state index in [-0.39, 0.29) is 6.10 Å². The lowest BCUT2D eigenvalue weighted by atomic mass is 9.95. The van der Waals surface area contributed by atoms with E-state index in [0.29, 0.717) is 17.7 Å². The fraction of sp³-hybridized carbons (Fsp3) is 0.696. The number of piperidine rings is 1. The molecule has 148 valence electrons. The summed E-state index contributed by atoms with van der Waals surface area (Å²) in [5, 5.41) is 0. The molecule has 2 aliphatic heterocycles. The number of rotatable bonds is 7. The van der Waals surface area contributed by atoms with Crippen LogP contribution in [0.4, 0.5) is 0 Å². The molecule has 0 bridgehead atoms. The van der Waals surface area contributed by atoms with Gasteiger partial charge in [0, 0.05) is 32.2 Å². The molecular formula is C23H34N2O2. The molecule has 1 aromatic rings. The highest BCUT2D eigenvalue weighted by Gasteiger charge is 2.36. The van der Waals surface area contributed by atoms with Crippen LogP contribution in [-0.2, 0) is 16.1 Å². The van der Waals surface area contributed by atoms with Gasteiger partial charge in [-0.15, -0.1) is 0 Å². The number of aryl methyl sites for hydroxylation is 1. The first-order valence-electron chi connectivity index (χ1n) is 10.9. The molecule has 0 unspecified atom stereocenters. The van der Waals surface area contributed by atoms with Crippen LogP contribution in [0.2, 0.25) is 0 Å². The molecule has 1 aromatic carbocycles. The largest absolute Gasteiger partial charge is 0.376 e. The molecule has 1 aliphatic carbocycles. The summed E-state index contributed by atoms with van der Waals surface area (Å²) < 4.78 is 5.82. The van der Waals surface area contributed by atoms with Gasteiger partial charge in [-0.05, 0) is 75.6 Å². The molecule has 0 N–H and O–H groups in total. The third-order valence-electron chi connectivity index (χ3n) is 6.53. The minimum absolute atomic E-state index is 0.272. The lowest BCUT2D eigenvalue weighted by molar-refractivity contribution is -0.135. The molecule has 1 saturated carbocycles. The monoisotopic (exact) mass is 370 g/mol. The van der Waals surface area contributed by atoms with Crippen molar-refractivity contribution in [1.82, 2.24) is 9.80 Å². The van der Waals surface area contributed by atoms with E-state index in [0.717, 1.165) is 65.0 Å². The van der Waals surface area contributed by atoms with Crippen LogP contribution in [0.3, 0.4) is 0 Å². The molecule has 0 radical (unpaired) electrons. The lowest BCUT2D eigenvalue weighted by Crippen LogP contribution is -2.44. The predicted molar refractivity (Wildman–Crippen MR) is 107 cm³/mol. The van der Waals surface area contributed by atoms with Crippen LogP contribution in [0.15, 0.2) is 24.3 Å². The topological polar surface area (TPSA) is 32.8 Å². The van der Waals surface area contributed by atoms with E-state index in [2.05, 4.69) is 41.0 Å². The van der Waals surface area contributed by atoms with Gasteiger partial charge < -0.3 is 9.64 Å². The minimum atomic E-state index is 0.272. The Kier molecular flexibility index (Phi) is 6.14. The van der Waals surface area contributed by atoms with Gasteiger partial charge in [0.25, 0.3) is 0 Å². The number of hydrogen-bond acceptors (Lipinski definition) is 3. The van der Waals surface area contributed by atoms with E-state index in [1.54, 1.807) is 0 Å². The molecule has 27 heavy (non-hydrogen) atoms.